The molecule has 0 bridgehead atoms. The van der Waals surface area contributed by atoms with Gasteiger partial charge in [-0.25, -0.2) is 4.79 Å². The van der Waals surface area contributed by atoms with Crippen molar-refractivity contribution in [2.24, 2.45) is 0 Å². The predicted octanol–water partition coefficient (Wildman–Crippen LogP) is 3.28. The van der Waals surface area contributed by atoms with Gasteiger partial charge in [-0.2, -0.15) is 0 Å². The first-order chi connectivity index (χ1) is 12.2. The van der Waals surface area contributed by atoms with Crippen molar-refractivity contribution in [3.05, 3.63) is 59.2 Å². The zero-order chi connectivity index (χ0) is 19.1. The Morgan fingerprint density at radius 2 is 1.69 bits per heavy atom. The van der Waals surface area contributed by atoms with E-state index in [2.05, 4.69) is 5.32 Å². The van der Waals surface area contributed by atoms with Gasteiger partial charge in [0.1, 0.15) is 0 Å². The van der Waals surface area contributed by atoms with E-state index in [9.17, 15) is 14.4 Å². The molecule has 2 aromatic carbocycles. The van der Waals surface area contributed by atoms with Crippen LogP contribution >= 0.6 is 0 Å². The van der Waals surface area contributed by atoms with Crippen molar-refractivity contribution in [3.63, 3.8) is 0 Å². The number of nitrogens with one attached hydrogen (secondary N) is 1. The second kappa shape index (κ2) is 6.29. The summed E-state index contributed by atoms with van der Waals surface area (Å²) in [6.07, 6.45) is 0.387. The lowest BCUT2D eigenvalue weighted by Gasteiger charge is -2.37. The molecule has 0 aromatic heterocycles. The first-order valence-corrected chi connectivity index (χ1v) is 8.25. The number of aromatic carboxylic acids is 1. The number of carboxylic acids is 1. The Hall–Kier alpha value is -3.15. The van der Waals surface area contributed by atoms with Gasteiger partial charge in [0, 0.05) is 35.8 Å². The molecule has 1 aliphatic rings. The molecular weight excluding hydrogens is 332 g/mol. The molecule has 2 aromatic rings. The van der Waals surface area contributed by atoms with Crippen LogP contribution < -0.4 is 10.2 Å². The molecule has 0 saturated carbocycles. The molecule has 1 heterocycles. The minimum Gasteiger partial charge on any atom is -0.478 e. The smallest absolute Gasteiger partial charge is 0.335 e. The average Bonchev–Trinajstić information content (AvgIpc) is 2.59. The van der Waals surface area contributed by atoms with Gasteiger partial charge in [0.15, 0.2) is 0 Å². The van der Waals surface area contributed by atoms with E-state index < -0.39 is 5.97 Å². The number of anilines is 2. The minimum atomic E-state index is -1.02. The van der Waals surface area contributed by atoms with Crippen LogP contribution in [-0.4, -0.2) is 29.9 Å². The summed E-state index contributed by atoms with van der Waals surface area (Å²) in [6.45, 7) is 3.98. The van der Waals surface area contributed by atoms with Crippen molar-refractivity contribution in [2.45, 2.75) is 25.7 Å². The normalized spacial score (nSPS) is 15.3. The zero-order valence-corrected chi connectivity index (χ0v) is 14.9. The van der Waals surface area contributed by atoms with Crippen molar-refractivity contribution >= 4 is 29.2 Å². The number of carboxylic acid groups (broad SMARTS) is 1. The molecule has 0 atom stereocenters. The van der Waals surface area contributed by atoms with Gasteiger partial charge < -0.3 is 15.3 Å². The van der Waals surface area contributed by atoms with E-state index >= 15 is 0 Å². The van der Waals surface area contributed by atoms with E-state index in [1.54, 1.807) is 36.2 Å². The molecule has 0 spiro atoms. The number of carbonyl (C=O) groups is 3. The van der Waals surface area contributed by atoms with Gasteiger partial charge in [-0.1, -0.05) is 13.8 Å². The highest BCUT2D eigenvalue weighted by Crippen LogP contribution is 2.40. The van der Waals surface area contributed by atoms with Crippen molar-refractivity contribution in [3.8, 4) is 0 Å². The number of nitrogens with zero attached hydrogens (tertiary/aromatic N) is 1. The predicted molar refractivity (Wildman–Crippen MR) is 98.8 cm³/mol. The standard InChI is InChI=1S/C20H20N2O4/c1-20(2)11-17(23)22(3)16-9-6-13(10-15(16)20)18(24)21-14-7-4-12(5-8-14)19(25)26/h4-10H,11H2,1-3H3,(H,21,24)(H,25,26). The van der Waals surface area contributed by atoms with E-state index in [0.717, 1.165) is 11.3 Å². The quantitative estimate of drug-likeness (QED) is 0.887. The Balaban J connectivity index is 1.87. The summed E-state index contributed by atoms with van der Waals surface area (Å²) < 4.78 is 0. The second-order valence-corrected chi connectivity index (χ2v) is 7.08. The van der Waals surface area contributed by atoms with Gasteiger partial charge in [0.25, 0.3) is 5.91 Å². The molecule has 0 fully saturated rings. The Kier molecular flexibility index (Phi) is 4.28. The lowest BCUT2D eigenvalue weighted by atomic mass is 9.77. The highest BCUT2D eigenvalue weighted by Gasteiger charge is 2.35. The molecule has 0 aliphatic carbocycles. The molecule has 26 heavy (non-hydrogen) atoms. The van der Waals surface area contributed by atoms with E-state index in [-0.39, 0.29) is 22.8 Å². The number of hydrogen-bond donors (Lipinski definition) is 2. The summed E-state index contributed by atoms with van der Waals surface area (Å²) in [6, 6.07) is 11.3. The summed E-state index contributed by atoms with van der Waals surface area (Å²) in [7, 11) is 1.74. The number of amides is 2. The monoisotopic (exact) mass is 352 g/mol. The van der Waals surface area contributed by atoms with Crippen LogP contribution in [0.4, 0.5) is 11.4 Å². The summed E-state index contributed by atoms with van der Waals surface area (Å²) in [5.74, 6) is -1.25. The fraction of sp³-hybridized carbons (Fsp3) is 0.250. The third-order valence-electron chi connectivity index (χ3n) is 4.71. The van der Waals surface area contributed by atoms with Crippen molar-refractivity contribution in [2.75, 3.05) is 17.3 Å². The van der Waals surface area contributed by atoms with Crippen molar-refractivity contribution < 1.29 is 19.5 Å². The molecule has 2 N–H and O–H groups in total. The Morgan fingerprint density at radius 3 is 2.31 bits per heavy atom. The first-order valence-electron chi connectivity index (χ1n) is 8.25. The largest absolute Gasteiger partial charge is 0.478 e. The van der Waals surface area contributed by atoms with E-state index in [4.69, 9.17) is 5.11 Å². The summed E-state index contributed by atoms with van der Waals surface area (Å²) in [5.41, 5.74) is 2.58. The molecular formula is C20H20N2O4. The highest BCUT2D eigenvalue weighted by molar-refractivity contribution is 6.06. The van der Waals surface area contributed by atoms with Gasteiger partial charge >= 0.3 is 5.97 Å². The third kappa shape index (κ3) is 3.18. The van der Waals surface area contributed by atoms with Gasteiger partial charge in [-0.05, 0) is 48.0 Å². The van der Waals surface area contributed by atoms with E-state index in [1.807, 2.05) is 19.9 Å². The lowest BCUT2D eigenvalue weighted by Crippen LogP contribution is -2.39. The number of rotatable bonds is 3. The fourth-order valence-corrected chi connectivity index (χ4v) is 3.14. The number of benzene rings is 2. The van der Waals surface area contributed by atoms with E-state index in [1.165, 1.54) is 12.1 Å². The van der Waals surface area contributed by atoms with Gasteiger partial charge in [0.2, 0.25) is 5.91 Å². The van der Waals surface area contributed by atoms with Crippen LogP contribution in [0.2, 0.25) is 0 Å². The number of fused-ring (bicyclic) bond motifs is 1. The van der Waals surface area contributed by atoms with Gasteiger partial charge in [-0.3, -0.25) is 9.59 Å². The minimum absolute atomic E-state index is 0.0539. The maximum atomic E-state index is 12.6. The van der Waals surface area contributed by atoms with Crippen LogP contribution in [0.15, 0.2) is 42.5 Å². The fourth-order valence-electron chi connectivity index (χ4n) is 3.14. The molecule has 1 aliphatic heterocycles. The van der Waals surface area contributed by atoms with Crippen LogP contribution in [0.1, 0.15) is 46.5 Å². The molecule has 0 saturated heterocycles. The number of carbonyl (C=O) groups excluding carboxylic acids is 2. The molecule has 6 nitrogen and oxygen atoms in total. The highest BCUT2D eigenvalue weighted by atomic mass is 16.4. The van der Waals surface area contributed by atoms with Crippen LogP contribution in [-0.2, 0) is 10.2 Å². The molecule has 0 unspecified atom stereocenters. The molecule has 6 heteroatoms. The van der Waals surface area contributed by atoms with Gasteiger partial charge in [0.05, 0.1) is 5.56 Å². The van der Waals surface area contributed by atoms with Gasteiger partial charge in [-0.15, -0.1) is 0 Å². The molecule has 0 radical (unpaired) electrons. The van der Waals surface area contributed by atoms with Crippen LogP contribution in [0.3, 0.4) is 0 Å². The summed E-state index contributed by atoms with van der Waals surface area (Å²) >= 11 is 0. The van der Waals surface area contributed by atoms with Crippen molar-refractivity contribution in [1.29, 1.82) is 0 Å². The molecule has 3 rings (SSSR count). The second-order valence-electron chi connectivity index (χ2n) is 7.08. The van der Waals surface area contributed by atoms with Crippen molar-refractivity contribution in [1.82, 2.24) is 0 Å². The van der Waals surface area contributed by atoms with E-state index in [0.29, 0.717) is 17.7 Å². The summed E-state index contributed by atoms with van der Waals surface area (Å²) in [5, 5.41) is 11.7. The Labute approximate surface area is 151 Å². The Bertz CT molecular complexity index is 901. The summed E-state index contributed by atoms with van der Waals surface area (Å²) in [4.78, 5) is 37.2. The topological polar surface area (TPSA) is 86.7 Å². The maximum Gasteiger partial charge on any atom is 0.335 e. The first kappa shape index (κ1) is 17.7. The maximum absolute atomic E-state index is 12.6. The Morgan fingerprint density at radius 1 is 1.08 bits per heavy atom. The lowest BCUT2D eigenvalue weighted by molar-refractivity contribution is -0.119. The molecule has 2 amide bonds. The number of hydrogen-bond acceptors (Lipinski definition) is 3. The van der Waals surface area contributed by atoms with Crippen LogP contribution in [0.25, 0.3) is 0 Å². The van der Waals surface area contributed by atoms with Crippen LogP contribution in [0, 0.1) is 0 Å². The SMILES string of the molecule is CN1C(=O)CC(C)(C)c2cc(C(=O)Nc3ccc(C(=O)O)cc3)ccc21. The average molecular weight is 352 g/mol. The third-order valence-corrected chi connectivity index (χ3v) is 4.71. The van der Waals surface area contributed by atoms with Crippen LogP contribution in [0.5, 0.6) is 0 Å². The zero-order valence-electron chi connectivity index (χ0n) is 14.9. The molecule has 134 valence electrons.